The topological polar surface area (TPSA) is 55.8 Å². The summed E-state index contributed by atoms with van der Waals surface area (Å²) in [6, 6.07) is 0. The van der Waals surface area contributed by atoms with E-state index in [4.69, 9.17) is 14.6 Å². The van der Waals surface area contributed by atoms with Crippen molar-refractivity contribution in [2.24, 2.45) is 11.8 Å². The third-order valence-electron chi connectivity index (χ3n) is 5.54. The van der Waals surface area contributed by atoms with Gasteiger partial charge in [0.1, 0.15) is 6.61 Å². The van der Waals surface area contributed by atoms with Crippen molar-refractivity contribution in [2.75, 3.05) is 13.2 Å². The quantitative estimate of drug-likeness (QED) is 0.418. The molecule has 25 heavy (non-hydrogen) atoms. The number of carboxylic acid groups (broad SMARTS) is 1. The van der Waals surface area contributed by atoms with Crippen molar-refractivity contribution in [1.29, 1.82) is 0 Å². The van der Waals surface area contributed by atoms with E-state index < -0.39 is 5.97 Å². The minimum atomic E-state index is -0.680. The van der Waals surface area contributed by atoms with Crippen molar-refractivity contribution in [3.05, 3.63) is 0 Å². The molecule has 0 saturated carbocycles. The fraction of sp³-hybridized carbons (Fsp3) is 0.857. The molecule has 142 valence electrons. The third-order valence-corrected chi connectivity index (χ3v) is 5.54. The normalized spacial score (nSPS) is 27.2. The molecule has 0 aromatic carbocycles. The molecule has 1 N–H and O–H groups in total. The Morgan fingerprint density at radius 2 is 1.80 bits per heavy atom. The van der Waals surface area contributed by atoms with E-state index in [0.717, 1.165) is 45.1 Å². The lowest BCUT2D eigenvalue weighted by atomic mass is 9.75. The van der Waals surface area contributed by atoms with Crippen LogP contribution < -0.4 is 0 Å². The Morgan fingerprint density at radius 1 is 1.08 bits per heavy atom. The average Bonchev–Trinajstić information content (AvgIpc) is 3.19. The van der Waals surface area contributed by atoms with E-state index in [0.29, 0.717) is 37.1 Å². The number of aliphatic carboxylic acids is 1. The maximum Gasteiger partial charge on any atom is 0.303 e. The molecule has 4 unspecified atom stereocenters. The van der Waals surface area contributed by atoms with Gasteiger partial charge in [-0.05, 0) is 50.4 Å². The van der Waals surface area contributed by atoms with Gasteiger partial charge >= 0.3 is 5.97 Å². The number of unbranched alkanes of at least 4 members (excludes halogenated alkanes) is 4. The summed E-state index contributed by atoms with van der Waals surface area (Å²) in [6.07, 6.45) is 12.1. The van der Waals surface area contributed by atoms with Crippen LogP contribution in [0, 0.1) is 23.7 Å². The summed E-state index contributed by atoms with van der Waals surface area (Å²) in [4.78, 5) is 10.5. The Hall–Kier alpha value is -1.05. The van der Waals surface area contributed by atoms with Crippen molar-refractivity contribution in [3.8, 4) is 11.8 Å². The van der Waals surface area contributed by atoms with Crippen molar-refractivity contribution in [1.82, 2.24) is 0 Å². The molecule has 0 radical (unpaired) electrons. The minimum Gasteiger partial charge on any atom is -0.481 e. The van der Waals surface area contributed by atoms with Gasteiger partial charge in [-0.3, -0.25) is 4.79 Å². The average molecular weight is 350 g/mol. The first-order valence-corrected chi connectivity index (χ1v) is 10.1. The first kappa shape index (κ1) is 20.3. The van der Waals surface area contributed by atoms with Crippen LogP contribution in [-0.2, 0) is 14.3 Å². The maximum atomic E-state index is 10.5. The fourth-order valence-corrected chi connectivity index (χ4v) is 4.29. The Morgan fingerprint density at radius 3 is 2.52 bits per heavy atom. The lowest BCUT2D eigenvalue weighted by Gasteiger charge is -2.28. The van der Waals surface area contributed by atoms with Gasteiger partial charge in [0.2, 0.25) is 0 Å². The molecule has 2 bridgehead atoms. The number of rotatable bonds is 12. The second kappa shape index (κ2) is 11.5. The molecule has 4 atom stereocenters. The highest BCUT2D eigenvalue weighted by atomic mass is 16.5. The Bertz CT molecular complexity index is 451. The summed E-state index contributed by atoms with van der Waals surface area (Å²) in [5.74, 6) is 6.82. The molecule has 4 heteroatoms. The third kappa shape index (κ3) is 6.99. The molecule has 0 aliphatic carbocycles. The van der Waals surface area contributed by atoms with Gasteiger partial charge in [-0.1, -0.05) is 32.1 Å². The molecule has 2 heterocycles. The van der Waals surface area contributed by atoms with E-state index in [9.17, 15) is 4.79 Å². The standard InChI is InChI=1S/C21H34O4/c1-2-3-4-9-15-24-16-14-18-17(19-12-13-20(18)25-19)10-7-5-6-8-11-21(22)23/h17-20H,2-3,5-8,10-16H2,1H3,(H,22,23). The SMILES string of the molecule is CCCC#CCOCCC1C2CCC(O2)C1CCCCCCC(=O)O. The number of ether oxygens (including phenoxy) is 2. The molecule has 2 fully saturated rings. The van der Waals surface area contributed by atoms with Crippen LogP contribution in [0.15, 0.2) is 0 Å². The zero-order valence-corrected chi connectivity index (χ0v) is 15.7. The molecule has 0 aromatic heterocycles. The van der Waals surface area contributed by atoms with Gasteiger partial charge in [0.05, 0.1) is 12.2 Å². The van der Waals surface area contributed by atoms with Crippen LogP contribution >= 0.6 is 0 Å². The van der Waals surface area contributed by atoms with E-state index in [1.165, 1.54) is 25.7 Å². The van der Waals surface area contributed by atoms with E-state index in [2.05, 4.69) is 18.8 Å². The minimum absolute atomic E-state index is 0.304. The highest BCUT2D eigenvalue weighted by Gasteiger charge is 2.47. The van der Waals surface area contributed by atoms with Crippen molar-refractivity contribution >= 4 is 5.97 Å². The van der Waals surface area contributed by atoms with Crippen molar-refractivity contribution < 1.29 is 19.4 Å². The second-order valence-electron chi connectivity index (χ2n) is 7.41. The fourth-order valence-electron chi connectivity index (χ4n) is 4.29. The highest BCUT2D eigenvalue weighted by molar-refractivity contribution is 5.66. The summed E-state index contributed by atoms with van der Waals surface area (Å²) in [5.41, 5.74) is 0. The van der Waals surface area contributed by atoms with Crippen LogP contribution in [-0.4, -0.2) is 36.5 Å². The number of carboxylic acids is 1. The van der Waals surface area contributed by atoms with E-state index in [1.807, 2.05) is 0 Å². The Labute approximate surface area is 152 Å². The highest BCUT2D eigenvalue weighted by Crippen LogP contribution is 2.47. The van der Waals surface area contributed by atoms with Gasteiger partial charge in [0.15, 0.2) is 0 Å². The number of fused-ring (bicyclic) bond motifs is 2. The lowest BCUT2D eigenvalue weighted by molar-refractivity contribution is -0.137. The molecule has 0 aromatic rings. The van der Waals surface area contributed by atoms with E-state index in [-0.39, 0.29) is 0 Å². The largest absolute Gasteiger partial charge is 0.481 e. The van der Waals surface area contributed by atoms with Crippen molar-refractivity contribution in [3.63, 3.8) is 0 Å². The monoisotopic (exact) mass is 350 g/mol. The van der Waals surface area contributed by atoms with Crippen LogP contribution in [0.3, 0.4) is 0 Å². The molecular formula is C21H34O4. The summed E-state index contributed by atoms with van der Waals surface area (Å²) in [6.45, 7) is 3.47. The van der Waals surface area contributed by atoms with Crippen LogP contribution in [0.1, 0.15) is 77.6 Å². The Kier molecular flexibility index (Phi) is 9.36. The predicted molar refractivity (Wildman–Crippen MR) is 98.3 cm³/mol. The maximum absolute atomic E-state index is 10.5. The summed E-state index contributed by atoms with van der Waals surface area (Å²) in [5, 5.41) is 8.68. The van der Waals surface area contributed by atoms with Gasteiger partial charge in [0.25, 0.3) is 0 Å². The molecular weight excluding hydrogens is 316 g/mol. The molecule has 0 spiro atoms. The first-order chi connectivity index (χ1) is 12.2. The molecule has 2 rings (SSSR count). The molecule has 0 amide bonds. The lowest BCUT2D eigenvalue weighted by Crippen LogP contribution is -2.28. The molecule has 4 nitrogen and oxygen atoms in total. The predicted octanol–water partition coefficient (Wildman–Crippen LogP) is 4.42. The van der Waals surface area contributed by atoms with Gasteiger partial charge < -0.3 is 14.6 Å². The number of hydrogen-bond donors (Lipinski definition) is 1. The summed E-state index contributed by atoms with van der Waals surface area (Å²) in [7, 11) is 0. The molecule has 2 aliphatic rings. The number of hydrogen-bond acceptors (Lipinski definition) is 3. The van der Waals surface area contributed by atoms with Gasteiger partial charge in [0, 0.05) is 19.4 Å². The second-order valence-corrected chi connectivity index (χ2v) is 7.41. The van der Waals surface area contributed by atoms with Crippen LogP contribution in [0.2, 0.25) is 0 Å². The summed E-state index contributed by atoms with van der Waals surface area (Å²) >= 11 is 0. The summed E-state index contributed by atoms with van der Waals surface area (Å²) < 4.78 is 11.8. The van der Waals surface area contributed by atoms with Crippen molar-refractivity contribution in [2.45, 2.75) is 89.8 Å². The van der Waals surface area contributed by atoms with Crippen LogP contribution in [0.4, 0.5) is 0 Å². The number of carbonyl (C=O) groups is 1. The zero-order valence-electron chi connectivity index (χ0n) is 15.7. The van der Waals surface area contributed by atoms with Gasteiger partial charge in [-0.2, -0.15) is 0 Å². The molecule has 2 saturated heterocycles. The van der Waals surface area contributed by atoms with E-state index >= 15 is 0 Å². The van der Waals surface area contributed by atoms with Crippen LogP contribution in [0.25, 0.3) is 0 Å². The smallest absolute Gasteiger partial charge is 0.303 e. The zero-order chi connectivity index (χ0) is 17.9. The van der Waals surface area contributed by atoms with Crippen LogP contribution in [0.5, 0.6) is 0 Å². The Balaban J connectivity index is 1.61. The van der Waals surface area contributed by atoms with E-state index in [1.54, 1.807) is 0 Å². The first-order valence-electron chi connectivity index (χ1n) is 10.1. The van der Waals surface area contributed by atoms with Gasteiger partial charge in [-0.25, -0.2) is 0 Å². The molecule has 2 aliphatic heterocycles. The van der Waals surface area contributed by atoms with Gasteiger partial charge in [-0.15, -0.1) is 5.92 Å².